The van der Waals surface area contributed by atoms with E-state index in [1.165, 1.54) is 0 Å². The van der Waals surface area contributed by atoms with E-state index in [9.17, 15) is 9.59 Å². The molecule has 0 N–H and O–H groups in total. The Morgan fingerprint density at radius 2 is 1.80 bits per heavy atom. The van der Waals surface area contributed by atoms with Crippen molar-refractivity contribution in [2.24, 2.45) is 0 Å². The number of anilines is 1. The number of benzene rings is 1. The van der Waals surface area contributed by atoms with Crippen LogP contribution in [0.5, 0.6) is 0 Å². The second-order valence-electron chi connectivity index (χ2n) is 5.15. The van der Waals surface area contributed by atoms with Crippen LogP contribution >= 0.6 is 0 Å². The van der Waals surface area contributed by atoms with E-state index < -0.39 is 0 Å². The first kappa shape index (κ1) is 12.9. The standard InChI is InChI=1S/C15H17N3O2/c1-16-6-8-17(9-7-16)15-10-14(20)12-4-2-3-5-13(12)18(15)11-19/h2-5,10-11H,6-9H2,1H3. The number of fused-ring (bicyclic) bond motifs is 1. The predicted molar refractivity (Wildman–Crippen MR) is 80.1 cm³/mol. The summed E-state index contributed by atoms with van der Waals surface area (Å²) >= 11 is 0. The number of hydrogen-bond donors (Lipinski definition) is 0. The molecule has 1 fully saturated rings. The number of para-hydroxylation sites is 1. The van der Waals surface area contributed by atoms with Crippen LogP contribution in [0.15, 0.2) is 35.1 Å². The van der Waals surface area contributed by atoms with Gasteiger partial charge < -0.3 is 9.80 Å². The maximum Gasteiger partial charge on any atom is 0.219 e. The molecule has 0 atom stereocenters. The smallest absolute Gasteiger partial charge is 0.219 e. The average molecular weight is 271 g/mol. The van der Waals surface area contributed by atoms with Gasteiger partial charge in [0.25, 0.3) is 0 Å². The number of aromatic nitrogens is 1. The highest BCUT2D eigenvalue weighted by Crippen LogP contribution is 2.19. The lowest BCUT2D eigenvalue weighted by Crippen LogP contribution is -2.45. The molecule has 1 aromatic carbocycles. The van der Waals surface area contributed by atoms with Crippen molar-refractivity contribution >= 4 is 23.1 Å². The number of hydrogen-bond acceptors (Lipinski definition) is 4. The van der Waals surface area contributed by atoms with Gasteiger partial charge in [0.1, 0.15) is 5.82 Å². The van der Waals surface area contributed by atoms with Gasteiger partial charge in [0.05, 0.1) is 5.52 Å². The largest absolute Gasteiger partial charge is 0.355 e. The molecule has 0 aliphatic carbocycles. The zero-order valence-electron chi connectivity index (χ0n) is 11.5. The first-order valence-corrected chi connectivity index (χ1v) is 6.74. The average Bonchev–Trinajstić information content (AvgIpc) is 2.48. The van der Waals surface area contributed by atoms with Crippen molar-refractivity contribution in [3.05, 3.63) is 40.6 Å². The lowest BCUT2D eigenvalue weighted by molar-refractivity contribution is 0.311. The fraction of sp³-hybridized carbons (Fsp3) is 0.333. The molecule has 2 heterocycles. The molecule has 20 heavy (non-hydrogen) atoms. The van der Waals surface area contributed by atoms with Gasteiger partial charge in [0.15, 0.2) is 5.43 Å². The molecule has 0 saturated carbocycles. The van der Waals surface area contributed by atoms with Crippen molar-refractivity contribution in [2.75, 3.05) is 38.1 Å². The van der Waals surface area contributed by atoms with Gasteiger partial charge in [-0.3, -0.25) is 14.2 Å². The van der Waals surface area contributed by atoms with Gasteiger partial charge in [-0.2, -0.15) is 0 Å². The van der Waals surface area contributed by atoms with Crippen LogP contribution in [0.3, 0.4) is 0 Å². The summed E-state index contributed by atoms with van der Waals surface area (Å²) in [7, 11) is 2.07. The van der Waals surface area contributed by atoms with Crippen LogP contribution in [-0.2, 0) is 4.79 Å². The molecule has 0 unspecified atom stereocenters. The second-order valence-corrected chi connectivity index (χ2v) is 5.15. The fourth-order valence-corrected chi connectivity index (χ4v) is 2.67. The van der Waals surface area contributed by atoms with Gasteiger partial charge in [-0.25, -0.2) is 0 Å². The Labute approximate surface area is 117 Å². The number of likely N-dealkylation sites (N-methyl/N-ethyl adjacent to an activating group) is 1. The first-order chi connectivity index (χ1) is 9.70. The molecule has 104 valence electrons. The third-order valence-corrected chi connectivity index (χ3v) is 3.87. The maximum atomic E-state index is 12.2. The van der Waals surface area contributed by atoms with E-state index in [2.05, 4.69) is 16.8 Å². The van der Waals surface area contributed by atoms with Crippen LogP contribution in [0.25, 0.3) is 10.9 Å². The minimum absolute atomic E-state index is 0.0346. The van der Waals surface area contributed by atoms with Gasteiger partial charge in [0.2, 0.25) is 6.41 Å². The zero-order chi connectivity index (χ0) is 14.1. The van der Waals surface area contributed by atoms with Gasteiger partial charge in [-0.1, -0.05) is 12.1 Å². The van der Waals surface area contributed by atoms with Crippen molar-refractivity contribution in [1.29, 1.82) is 0 Å². The summed E-state index contributed by atoms with van der Waals surface area (Å²) < 4.78 is 1.57. The van der Waals surface area contributed by atoms with Crippen molar-refractivity contribution in [3.63, 3.8) is 0 Å². The number of carbonyl (C=O) groups excluding carboxylic acids is 1. The van der Waals surface area contributed by atoms with Gasteiger partial charge in [0, 0.05) is 37.6 Å². The molecule has 1 aliphatic rings. The maximum absolute atomic E-state index is 12.2. The van der Waals surface area contributed by atoms with Crippen molar-refractivity contribution in [1.82, 2.24) is 9.47 Å². The van der Waals surface area contributed by atoms with Crippen molar-refractivity contribution < 1.29 is 4.79 Å². The molecule has 2 aromatic rings. The molecule has 5 heteroatoms. The van der Waals surface area contributed by atoms with Crippen LogP contribution in [-0.4, -0.2) is 49.1 Å². The Balaban J connectivity index is 2.15. The molecule has 0 spiro atoms. The summed E-state index contributed by atoms with van der Waals surface area (Å²) in [6.45, 7) is 3.50. The molecule has 3 rings (SSSR count). The number of nitrogens with zero attached hydrogens (tertiary/aromatic N) is 3. The van der Waals surface area contributed by atoms with Gasteiger partial charge in [-0.15, -0.1) is 0 Å². The Kier molecular flexibility index (Phi) is 3.28. The van der Waals surface area contributed by atoms with Crippen LogP contribution in [0.2, 0.25) is 0 Å². The molecular weight excluding hydrogens is 254 g/mol. The van der Waals surface area contributed by atoms with Crippen LogP contribution in [0, 0.1) is 0 Å². The van der Waals surface area contributed by atoms with Crippen LogP contribution in [0.1, 0.15) is 0 Å². The number of pyridine rings is 1. The third-order valence-electron chi connectivity index (χ3n) is 3.87. The predicted octanol–water partition coefficient (Wildman–Crippen LogP) is 0.792. The van der Waals surface area contributed by atoms with E-state index in [0.717, 1.165) is 32.6 Å². The van der Waals surface area contributed by atoms with E-state index in [4.69, 9.17) is 0 Å². The fourth-order valence-electron chi connectivity index (χ4n) is 2.67. The molecule has 1 aliphatic heterocycles. The van der Waals surface area contributed by atoms with E-state index >= 15 is 0 Å². The highest BCUT2D eigenvalue weighted by Gasteiger charge is 2.18. The molecule has 5 nitrogen and oxygen atoms in total. The lowest BCUT2D eigenvalue weighted by Gasteiger charge is -2.34. The molecule has 0 radical (unpaired) electrons. The Hall–Kier alpha value is -2.14. The normalized spacial score (nSPS) is 16.6. The summed E-state index contributed by atoms with van der Waals surface area (Å²) in [5, 5.41) is 0.581. The Bertz CT molecular complexity index is 700. The molecule has 1 saturated heterocycles. The summed E-state index contributed by atoms with van der Waals surface area (Å²) in [5.41, 5.74) is 0.636. The highest BCUT2D eigenvalue weighted by molar-refractivity contribution is 5.87. The molecular formula is C15H17N3O2. The SMILES string of the molecule is CN1CCN(c2cc(=O)c3ccccc3n2C=O)CC1. The number of rotatable bonds is 2. The quantitative estimate of drug-likeness (QED) is 0.758. The minimum Gasteiger partial charge on any atom is -0.355 e. The summed E-state index contributed by atoms with van der Waals surface area (Å²) in [6, 6.07) is 8.79. The van der Waals surface area contributed by atoms with E-state index in [1.807, 2.05) is 18.2 Å². The van der Waals surface area contributed by atoms with E-state index in [1.54, 1.807) is 16.7 Å². The highest BCUT2D eigenvalue weighted by atomic mass is 16.1. The molecule has 0 bridgehead atoms. The Morgan fingerprint density at radius 3 is 2.50 bits per heavy atom. The van der Waals surface area contributed by atoms with Crippen molar-refractivity contribution in [2.45, 2.75) is 0 Å². The van der Waals surface area contributed by atoms with E-state index in [0.29, 0.717) is 16.7 Å². The second kappa shape index (κ2) is 5.09. The molecule has 0 amide bonds. The first-order valence-electron chi connectivity index (χ1n) is 6.74. The van der Waals surface area contributed by atoms with Gasteiger partial charge in [-0.05, 0) is 19.2 Å². The van der Waals surface area contributed by atoms with Crippen molar-refractivity contribution in [3.8, 4) is 0 Å². The van der Waals surface area contributed by atoms with E-state index in [-0.39, 0.29) is 5.43 Å². The zero-order valence-corrected chi connectivity index (χ0v) is 11.5. The third kappa shape index (κ3) is 2.10. The summed E-state index contributed by atoms with van der Waals surface area (Å²) in [6.07, 6.45) is 0.787. The van der Waals surface area contributed by atoms with Crippen LogP contribution < -0.4 is 10.3 Å². The molecule has 1 aromatic heterocycles. The summed E-state index contributed by atoms with van der Waals surface area (Å²) in [4.78, 5) is 28.0. The monoisotopic (exact) mass is 271 g/mol. The minimum atomic E-state index is -0.0346. The summed E-state index contributed by atoms with van der Waals surface area (Å²) in [5.74, 6) is 0.691. The Morgan fingerprint density at radius 1 is 1.10 bits per heavy atom. The lowest BCUT2D eigenvalue weighted by atomic mass is 10.2. The topological polar surface area (TPSA) is 45.5 Å². The number of piperazine rings is 1. The number of carbonyl (C=O) groups is 1. The van der Waals surface area contributed by atoms with Gasteiger partial charge >= 0.3 is 0 Å². The van der Waals surface area contributed by atoms with Crippen LogP contribution in [0.4, 0.5) is 5.82 Å².